The summed E-state index contributed by atoms with van der Waals surface area (Å²) in [4.78, 5) is 6.13. The largest absolute Gasteiger partial charge is 0.385 e. The molecule has 2 rings (SSSR count). The first-order valence-electron chi connectivity index (χ1n) is 3.32. The minimum Gasteiger partial charge on any atom is -0.361 e. The van der Waals surface area contributed by atoms with Crippen molar-refractivity contribution in [3.05, 3.63) is 35.4 Å². The Kier molecular flexibility index (Phi) is 1.13. The molecule has 0 saturated carbocycles. The van der Waals surface area contributed by atoms with E-state index >= 15 is 0 Å². The lowest BCUT2D eigenvalue weighted by Crippen LogP contribution is -1.64. The number of nitrogens with one attached hydrogen (secondary N) is 1. The molecular formula is C8H6N3+. The van der Waals surface area contributed by atoms with Gasteiger partial charge < -0.3 is 4.98 Å². The third-order valence-electron chi connectivity index (χ3n) is 1.65. The molecule has 0 amide bonds. The topological polar surface area (TPSA) is 43.9 Å². The third-order valence-corrected chi connectivity index (χ3v) is 1.65. The zero-order chi connectivity index (χ0) is 7.68. The SMILES string of the molecule is N#[N+]c1ccc2[nH]ccc2c1. The summed E-state index contributed by atoms with van der Waals surface area (Å²) >= 11 is 0. The summed E-state index contributed by atoms with van der Waals surface area (Å²) in [5.41, 5.74) is 1.63. The van der Waals surface area contributed by atoms with Gasteiger partial charge in [0.05, 0.1) is 0 Å². The van der Waals surface area contributed by atoms with Gasteiger partial charge in [-0.3, -0.25) is 0 Å². The van der Waals surface area contributed by atoms with E-state index in [-0.39, 0.29) is 0 Å². The first-order valence-corrected chi connectivity index (χ1v) is 3.32. The second-order valence-electron chi connectivity index (χ2n) is 2.35. The molecule has 1 N–H and O–H groups in total. The van der Waals surface area contributed by atoms with Crippen molar-refractivity contribution in [2.24, 2.45) is 0 Å². The van der Waals surface area contributed by atoms with Crippen LogP contribution in [0.4, 0.5) is 5.69 Å². The number of fused-ring (bicyclic) bond motifs is 1. The summed E-state index contributed by atoms with van der Waals surface area (Å²) in [6.45, 7) is 0. The Balaban J connectivity index is 2.79. The molecular weight excluding hydrogens is 138 g/mol. The molecule has 0 saturated heterocycles. The highest BCUT2D eigenvalue weighted by molar-refractivity contribution is 5.82. The molecule has 0 spiro atoms. The Morgan fingerprint density at radius 1 is 1.27 bits per heavy atom. The van der Waals surface area contributed by atoms with E-state index in [1.807, 2.05) is 24.4 Å². The standard InChI is InChI=1S/C8H6N3/c9-11-7-1-2-8-6(5-7)3-4-10-8/h1-5,10H/q+1. The maximum Gasteiger partial charge on any atom is 0.385 e. The van der Waals surface area contributed by atoms with Gasteiger partial charge in [-0.15, -0.1) is 0 Å². The molecule has 0 atom stereocenters. The van der Waals surface area contributed by atoms with Crippen LogP contribution in [0.25, 0.3) is 15.9 Å². The van der Waals surface area contributed by atoms with Gasteiger partial charge in [0.1, 0.15) is 0 Å². The van der Waals surface area contributed by atoms with E-state index in [1.54, 1.807) is 6.07 Å². The molecule has 0 aliphatic heterocycles. The van der Waals surface area contributed by atoms with Crippen molar-refractivity contribution in [2.45, 2.75) is 0 Å². The van der Waals surface area contributed by atoms with Gasteiger partial charge in [-0.25, -0.2) is 0 Å². The average Bonchev–Trinajstić information content (AvgIpc) is 2.50. The summed E-state index contributed by atoms with van der Waals surface area (Å²) in [5, 5.41) is 9.51. The van der Waals surface area contributed by atoms with Crippen LogP contribution in [-0.4, -0.2) is 4.98 Å². The molecule has 1 heterocycles. The molecule has 11 heavy (non-hydrogen) atoms. The summed E-state index contributed by atoms with van der Waals surface area (Å²) < 4.78 is 0. The number of aromatic nitrogens is 1. The van der Waals surface area contributed by atoms with E-state index in [2.05, 4.69) is 9.96 Å². The number of hydrogen-bond donors (Lipinski definition) is 1. The lowest BCUT2D eigenvalue weighted by Gasteiger charge is -1.81. The molecule has 0 aliphatic carbocycles. The molecule has 0 radical (unpaired) electrons. The molecule has 3 heteroatoms. The fourth-order valence-corrected chi connectivity index (χ4v) is 1.10. The molecule has 52 valence electrons. The highest BCUT2D eigenvalue weighted by Crippen LogP contribution is 2.19. The fourth-order valence-electron chi connectivity index (χ4n) is 1.10. The zero-order valence-corrected chi connectivity index (χ0v) is 5.78. The van der Waals surface area contributed by atoms with Gasteiger partial charge in [-0.2, -0.15) is 0 Å². The molecule has 1 aromatic carbocycles. The van der Waals surface area contributed by atoms with E-state index < -0.39 is 0 Å². The Morgan fingerprint density at radius 3 is 3.00 bits per heavy atom. The lowest BCUT2D eigenvalue weighted by atomic mass is 10.2. The molecule has 0 bridgehead atoms. The molecule has 0 aliphatic rings. The zero-order valence-electron chi connectivity index (χ0n) is 5.78. The Morgan fingerprint density at radius 2 is 2.18 bits per heavy atom. The summed E-state index contributed by atoms with van der Waals surface area (Å²) in [6, 6.07) is 7.37. The van der Waals surface area contributed by atoms with E-state index in [0.29, 0.717) is 5.69 Å². The van der Waals surface area contributed by atoms with Crippen LogP contribution in [-0.2, 0) is 0 Å². The van der Waals surface area contributed by atoms with Gasteiger partial charge in [0, 0.05) is 29.2 Å². The Hall–Kier alpha value is -1.82. The van der Waals surface area contributed by atoms with Crippen LogP contribution in [0.1, 0.15) is 0 Å². The Bertz CT molecular complexity index is 422. The van der Waals surface area contributed by atoms with E-state index in [9.17, 15) is 0 Å². The smallest absolute Gasteiger partial charge is 0.361 e. The highest BCUT2D eigenvalue weighted by atomic mass is 14.8. The van der Waals surface area contributed by atoms with E-state index in [1.165, 1.54) is 0 Å². The van der Waals surface area contributed by atoms with Crippen LogP contribution in [0.2, 0.25) is 0 Å². The monoisotopic (exact) mass is 144 g/mol. The number of diazo groups is 1. The number of benzene rings is 1. The lowest BCUT2D eigenvalue weighted by molar-refractivity contribution is 1.46. The first kappa shape index (κ1) is 5.93. The van der Waals surface area contributed by atoms with Crippen LogP contribution in [0.3, 0.4) is 0 Å². The second kappa shape index (κ2) is 2.10. The predicted molar refractivity (Wildman–Crippen MR) is 43.0 cm³/mol. The van der Waals surface area contributed by atoms with Crippen molar-refractivity contribution >= 4 is 16.6 Å². The number of aromatic amines is 1. The number of hydrogen-bond acceptors (Lipinski definition) is 1. The number of H-pyrrole nitrogens is 1. The van der Waals surface area contributed by atoms with Crippen LogP contribution < -0.4 is 0 Å². The summed E-state index contributed by atoms with van der Waals surface area (Å²) in [5.74, 6) is 0. The molecule has 1 aromatic heterocycles. The summed E-state index contributed by atoms with van der Waals surface area (Å²) in [7, 11) is 0. The normalized spacial score (nSPS) is 9.73. The fraction of sp³-hybridized carbons (Fsp3) is 0. The minimum absolute atomic E-state index is 0.581. The maximum absolute atomic E-state index is 8.45. The van der Waals surface area contributed by atoms with E-state index in [0.717, 1.165) is 10.9 Å². The van der Waals surface area contributed by atoms with Gasteiger partial charge in [0.25, 0.3) is 0 Å². The van der Waals surface area contributed by atoms with Crippen molar-refractivity contribution in [3.8, 4) is 0 Å². The second-order valence-corrected chi connectivity index (χ2v) is 2.35. The number of rotatable bonds is 0. The summed E-state index contributed by atoms with van der Waals surface area (Å²) in [6.07, 6.45) is 1.85. The van der Waals surface area contributed by atoms with Gasteiger partial charge in [0.2, 0.25) is 5.39 Å². The number of nitrogens with zero attached hydrogens (tertiary/aromatic N) is 2. The third kappa shape index (κ3) is 0.849. The van der Waals surface area contributed by atoms with Gasteiger partial charge in [-0.05, 0) is 12.1 Å². The highest BCUT2D eigenvalue weighted by Gasteiger charge is 2.04. The van der Waals surface area contributed by atoms with Crippen molar-refractivity contribution in [2.75, 3.05) is 0 Å². The van der Waals surface area contributed by atoms with Gasteiger partial charge in [-0.1, -0.05) is 0 Å². The van der Waals surface area contributed by atoms with Crippen molar-refractivity contribution in [3.63, 3.8) is 0 Å². The van der Waals surface area contributed by atoms with Crippen molar-refractivity contribution < 1.29 is 0 Å². The predicted octanol–water partition coefficient (Wildman–Crippen LogP) is 2.65. The maximum atomic E-state index is 8.45. The van der Waals surface area contributed by atoms with Crippen molar-refractivity contribution in [1.29, 1.82) is 5.39 Å². The average molecular weight is 144 g/mol. The minimum atomic E-state index is 0.581. The van der Waals surface area contributed by atoms with Crippen LogP contribution in [0.15, 0.2) is 30.5 Å². The van der Waals surface area contributed by atoms with Gasteiger partial charge in [0.15, 0.2) is 4.98 Å². The quantitative estimate of drug-likeness (QED) is 0.567. The van der Waals surface area contributed by atoms with Crippen molar-refractivity contribution in [1.82, 2.24) is 4.98 Å². The Labute approximate surface area is 63.3 Å². The van der Waals surface area contributed by atoms with E-state index in [4.69, 9.17) is 5.39 Å². The molecule has 2 aromatic rings. The van der Waals surface area contributed by atoms with Crippen LogP contribution >= 0.6 is 0 Å². The van der Waals surface area contributed by atoms with Crippen LogP contribution in [0, 0.1) is 5.39 Å². The molecule has 0 fully saturated rings. The molecule has 0 unspecified atom stereocenters. The van der Waals surface area contributed by atoms with Crippen LogP contribution in [0.5, 0.6) is 0 Å². The van der Waals surface area contributed by atoms with Gasteiger partial charge >= 0.3 is 5.69 Å². The first-order chi connectivity index (χ1) is 5.40. The molecule has 3 nitrogen and oxygen atoms in total.